The number of amides is 1. The lowest BCUT2D eigenvalue weighted by molar-refractivity contribution is -0.154. The van der Waals surface area contributed by atoms with E-state index in [1.54, 1.807) is 6.92 Å². The molecule has 1 aliphatic carbocycles. The SMILES string of the molecule is C[C@@H](OC(=O)CCc1ccc(C(C)(C)C)cc1)C(=O)NC1CC1. The van der Waals surface area contributed by atoms with Crippen LogP contribution >= 0.6 is 0 Å². The van der Waals surface area contributed by atoms with Gasteiger partial charge in [-0.3, -0.25) is 9.59 Å². The Bertz CT molecular complexity index is 553. The molecule has 0 heterocycles. The van der Waals surface area contributed by atoms with Crippen molar-refractivity contribution in [2.24, 2.45) is 0 Å². The number of esters is 1. The van der Waals surface area contributed by atoms with Crippen molar-refractivity contribution in [2.45, 2.75) is 70.9 Å². The van der Waals surface area contributed by atoms with Crippen molar-refractivity contribution in [3.8, 4) is 0 Å². The van der Waals surface area contributed by atoms with Crippen LogP contribution in [-0.2, 0) is 26.2 Å². The van der Waals surface area contributed by atoms with E-state index >= 15 is 0 Å². The van der Waals surface area contributed by atoms with E-state index in [1.165, 1.54) is 5.56 Å². The molecule has 126 valence electrons. The van der Waals surface area contributed by atoms with E-state index in [-0.39, 0.29) is 29.8 Å². The molecule has 1 aromatic carbocycles. The summed E-state index contributed by atoms with van der Waals surface area (Å²) in [7, 11) is 0. The van der Waals surface area contributed by atoms with Gasteiger partial charge < -0.3 is 10.1 Å². The maximum atomic E-state index is 11.9. The molecule has 0 saturated heterocycles. The van der Waals surface area contributed by atoms with Gasteiger partial charge in [-0.2, -0.15) is 0 Å². The molecular formula is C19H27NO3. The van der Waals surface area contributed by atoms with Gasteiger partial charge >= 0.3 is 5.97 Å². The summed E-state index contributed by atoms with van der Waals surface area (Å²) in [4.78, 5) is 23.6. The molecule has 1 saturated carbocycles. The second-order valence-corrected chi connectivity index (χ2v) is 7.36. The van der Waals surface area contributed by atoms with E-state index in [2.05, 4.69) is 50.4 Å². The molecule has 4 heteroatoms. The zero-order valence-electron chi connectivity index (χ0n) is 14.5. The van der Waals surface area contributed by atoms with Crippen LogP contribution in [0.25, 0.3) is 0 Å². The lowest BCUT2D eigenvalue weighted by Gasteiger charge is -2.19. The number of nitrogens with one attached hydrogen (secondary N) is 1. The van der Waals surface area contributed by atoms with Crippen LogP contribution in [0.1, 0.15) is 58.1 Å². The van der Waals surface area contributed by atoms with E-state index < -0.39 is 6.10 Å². The van der Waals surface area contributed by atoms with Crippen LogP contribution in [0.2, 0.25) is 0 Å². The number of rotatable bonds is 6. The van der Waals surface area contributed by atoms with Crippen LogP contribution < -0.4 is 5.32 Å². The maximum absolute atomic E-state index is 11.9. The van der Waals surface area contributed by atoms with Gasteiger partial charge in [-0.15, -0.1) is 0 Å². The summed E-state index contributed by atoms with van der Waals surface area (Å²) >= 11 is 0. The number of aryl methyl sites for hydroxylation is 1. The average molecular weight is 317 g/mol. The fraction of sp³-hybridized carbons (Fsp3) is 0.579. The molecular weight excluding hydrogens is 290 g/mol. The Balaban J connectivity index is 1.76. The first-order valence-electron chi connectivity index (χ1n) is 8.35. The van der Waals surface area contributed by atoms with Gasteiger partial charge in [0, 0.05) is 12.5 Å². The zero-order chi connectivity index (χ0) is 17.0. The molecule has 0 bridgehead atoms. The smallest absolute Gasteiger partial charge is 0.306 e. The van der Waals surface area contributed by atoms with Crippen molar-refractivity contribution in [1.82, 2.24) is 5.32 Å². The van der Waals surface area contributed by atoms with E-state index in [0.29, 0.717) is 6.42 Å². The highest BCUT2D eigenvalue weighted by Crippen LogP contribution is 2.22. The van der Waals surface area contributed by atoms with Crippen LogP contribution in [0.5, 0.6) is 0 Å². The van der Waals surface area contributed by atoms with E-state index in [1.807, 2.05) is 0 Å². The van der Waals surface area contributed by atoms with Gasteiger partial charge in [0.05, 0.1) is 0 Å². The van der Waals surface area contributed by atoms with E-state index in [4.69, 9.17) is 4.74 Å². The van der Waals surface area contributed by atoms with Gasteiger partial charge in [-0.1, -0.05) is 45.0 Å². The lowest BCUT2D eigenvalue weighted by atomic mass is 9.86. The Morgan fingerprint density at radius 1 is 1.22 bits per heavy atom. The highest BCUT2D eigenvalue weighted by Gasteiger charge is 2.27. The second-order valence-electron chi connectivity index (χ2n) is 7.36. The molecule has 1 aromatic rings. The van der Waals surface area contributed by atoms with E-state index in [9.17, 15) is 9.59 Å². The number of hydrogen-bond donors (Lipinski definition) is 1. The maximum Gasteiger partial charge on any atom is 0.306 e. The third-order valence-corrected chi connectivity index (χ3v) is 4.04. The predicted molar refractivity (Wildman–Crippen MR) is 90.2 cm³/mol. The van der Waals surface area contributed by atoms with Crippen LogP contribution in [-0.4, -0.2) is 24.0 Å². The molecule has 23 heavy (non-hydrogen) atoms. The van der Waals surface area contributed by atoms with Gasteiger partial charge in [0.2, 0.25) is 0 Å². The first-order chi connectivity index (χ1) is 10.8. The number of hydrogen-bond acceptors (Lipinski definition) is 3. The standard InChI is InChI=1S/C19H27NO3/c1-13(18(22)20-16-10-11-16)23-17(21)12-7-14-5-8-15(9-6-14)19(2,3)4/h5-6,8-9,13,16H,7,10-12H2,1-4H3,(H,20,22)/t13-/m1/s1. The monoisotopic (exact) mass is 317 g/mol. The topological polar surface area (TPSA) is 55.4 Å². The molecule has 0 aromatic heterocycles. The van der Waals surface area contributed by atoms with Gasteiger partial charge in [0.25, 0.3) is 5.91 Å². The molecule has 1 atom stereocenters. The van der Waals surface area contributed by atoms with Crippen LogP contribution in [0.4, 0.5) is 0 Å². The number of carbonyl (C=O) groups excluding carboxylic acids is 2. The molecule has 2 rings (SSSR count). The summed E-state index contributed by atoms with van der Waals surface area (Å²) in [6.07, 6.45) is 2.25. The summed E-state index contributed by atoms with van der Waals surface area (Å²) in [5.74, 6) is -0.529. The molecule has 0 radical (unpaired) electrons. The normalized spacial score (nSPS) is 15.8. The van der Waals surface area contributed by atoms with Gasteiger partial charge in [-0.25, -0.2) is 0 Å². The third kappa shape index (κ3) is 5.70. The van der Waals surface area contributed by atoms with Crippen LogP contribution in [0.3, 0.4) is 0 Å². The minimum Gasteiger partial charge on any atom is -0.453 e. The van der Waals surface area contributed by atoms with E-state index in [0.717, 1.165) is 18.4 Å². The van der Waals surface area contributed by atoms with Gasteiger partial charge in [0.1, 0.15) is 0 Å². The molecule has 1 aliphatic rings. The van der Waals surface area contributed by atoms with Crippen molar-refractivity contribution in [1.29, 1.82) is 0 Å². The summed E-state index contributed by atoms with van der Waals surface area (Å²) < 4.78 is 5.19. The zero-order valence-corrected chi connectivity index (χ0v) is 14.5. The van der Waals surface area contributed by atoms with Crippen molar-refractivity contribution in [3.63, 3.8) is 0 Å². The number of ether oxygens (including phenoxy) is 1. The highest BCUT2D eigenvalue weighted by atomic mass is 16.5. The molecule has 1 N–H and O–H groups in total. The minimum atomic E-state index is -0.716. The van der Waals surface area contributed by atoms with Crippen LogP contribution in [0.15, 0.2) is 24.3 Å². The summed E-state index contributed by atoms with van der Waals surface area (Å²) in [6.45, 7) is 8.14. The second kappa shape index (κ2) is 7.16. The predicted octanol–water partition coefficient (Wildman–Crippen LogP) is 3.13. The minimum absolute atomic E-state index is 0.127. The third-order valence-electron chi connectivity index (χ3n) is 4.04. The Morgan fingerprint density at radius 2 is 1.83 bits per heavy atom. The van der Waals surface area contributed by atoms with Crippen molar-refractivity contribution >= 4 is 11.9 Å². The molecule has 0 spiro atoms. The van der Waals surface area contributed by atoms with Crippen molar-refractivity contribution < 1.29 is 14.3 Å². The average Bonchev–Trinajstić information content (AvgIpc) is 3.28. The molecule has 1 amide bonds. The van der Waals surface area contributed by atoms with Crippen molar-refractivity contribution in [2.75, 3.05) is 0 Å². The Morgan fingerprint density at radius 3 is 2.35 bits per heavy atom. The fourth-order valence-electron chi connectivity index (χ4n) is 2.27. The molecule has 1 fully saturated rings. The number of carbonyl (C=O) groups is 2. The largest absolute Gasteiger partial charge is 0.453 e. The van der Waals surface area contributed by atoms with Crippen LogP contribution in [0, 0.1) is 0 Å². The first-order valence-corrected chi connectivity index (χ1v) is 8.35. The highest BCUT2D eigenvalue weighted by molar-refractivity contribution is 5.83. The summed E-state index contributed by atoms with van der Waals surface area (Å²) in [5.41, 5.74) is 2.50. The van der Waals surface area contributed by atoms with Gasteiger partial charge in [-0.05, 0) is 42.7 Å². The van der Waals surface area contributed by atoms with Gasteiger partial charge in [0.15, 0.2) is 6.10 Å². The quantitative estimate of drug-likeness (QED) is 0.820. The first kappa shape index (κ1) is 17.5. The number of benzene rings is 1. The summed E-state index contributed by atoms with van der Waals surface area (Å²) in [5, 5.41) is 2.84. The summed E-state index contributed by atoms with van der Waals surface area (Å²) in [6, 6.07) is 8.59. The fourth-order valence-corrected chi connectivity index (χ4v) is 2.27. The Hall–Kier alpha value is -1.84. The lowest BCUT2D eigenvalue weighted by Crippen LogP contribution is -2.37. The Labute approximate surface area is 138 Å². The molecule has 4 nitrogen and oxygen atoms in total. The molecule has 0 unspecified atom stereocenters. The molecule has 0 aliphatic heterocycles. The Kier molecular flexibility index (Phi) is 5.45. The van der Waals surface area contributed by atoms with Crippen molar-refractivity contribution in [3.05, 3.63) is 35.4 Å².